The second-order valence-electron chi connectivity index (χ2n) is 13.4. The fourth-order valence-corrected chi connectivity index (χ4v) is 7.49. The highest BCUT2D eigenvalue weighted by atomic mass is 32.1. The number of rotatable bonds is 6. The topological polar surface area (TPSA) is 56.5 Å². The average Bonchev–Trinajstić information content (AvgIpc) is 3.59. The molecule has 0 atom stereocenters. The Morgan fingerprint density at radius 3 is 1.80 bits per heavy atom. The number of allylic oxidation sites excluding steroid dienone is 4. The Labute approximate surface area is 320 Å². The molecule has 9 aromatic rings. The zero-order chi connectivity index (χ0) is 35.1. The molecule has 3 aromatic heterocycles. The first-order chi connectivity index (χ1) is 26.3. The fourth-order valence-electron chi connectivity index (χ4n) is 7.49. The summed E-state index contributed by atoms with van der Waals surface area (Å²) in [5.74, 6) is 2.53. The van der Waals surface area contributed by atoms with E-state index in [1.54, 1.807) is 0 Å². The molecule has 0 amide bonds. The predicted octanol–water partition coefficient (Wildman–Crippen LogP) is 12.0. The molecule has 5 nitrogen and oxygen atoms in total. The molecule has 0 radical (unpaired) electrons. The van der Waals surface area contributed by atoms with Crippen LogP contribution >= 0.6 is 13.5 Å². The molecule has 0 spiro atoms. The van der Waals surface area contributed by atoms with E-state index in [-0.39, 0.29) is 13.5 Å². The number of nitrogens with zero attached hydrogens (tertiary/aromatic N) is 5. The van der Waals surface area contributed by atoms with Crippen LogP contribution in [0.5, 0.6) is 0 Å². The third-order valence-corrected chi connectivity index (χ3v) is 10.1. The van der Waals surface area contributed by atoms with E-state index in [2.05, 4.69) is 162 Å². The van der Waals surface area contributed by atoms with Gasteiger partial charge >= 0.3 is 0 Å². The Bertz CT molecular complexity index is 2870. The van der Waals surface area contributed by atoms with Gasteiger partial charge in [-0.05, 0) is 70.1 Å². The van der Waals surface area contributed by atoms with Gasteiger partial charge in [0.15, 0.2) is 17.5 Å². The van der Waals surface area contributed by atoms with Crippen molar-refractivity contribution in [1.82, 2.24) is 24.5 Å². The van der Waals surface area contributed by atoms with Gasteiger partial charge in [-0.25, -0.2) is 19.9 Å². The first kappa shape index (κ1) is 33.2. The van der Waals surface area contributed by atoms with Crippen molar-refractivity contribution in [2.75, 3.05) is 0 Å². The van der Waals surface area contributed by atoms with Crippen LogP contribution in [-0.2, 0) is 0 Å². The fraction of sp³-hybridized carbons (Fsp3) is 0.0417. The summed E-state index contributed by atoms with van der Waals surface area (Å²) in [6.07, 6.45) is 8.89. The van der Waals surface area contributed by atoms with Crippen LogP contribution in [0.2, 0.25) is 0 Å². The highest BCUT2D eigenvalue weighted by Crippen LogP contribution is 2.37. The molecule has 54 heavy (non-hydrogen) atoms. The number of aromatic nitrogens is 5. The minimum absolute atomic E-state index is 0. The van der Waals surface area contributed by atoms with Crippen LogP contribution in [0.1, 0.15) is 18.4 Å². The van der Waals surface area contributed by atoms with E-state index in [1.807, 2.05) is 18.2 Å². The summed E-state index contributed by atoms with van der Waals surface area (Å²) in [5, 5.41) is 4.85. The van der Waals surface area contributed by atoms with E-state index in [9.17, 15) is 0 Å². The Kier molecular flexibility index (Phi) is 8.66. The van der Waals surface area contributed by atoms with Crippen LogP contribution in [0, 0.1) is 0 Å². The zero-order valence-electron chi connectivity index (χ0n) is 29.4. The second-order valence-corrected chi connectivity index (χ2v) is 13.4. The van der Waals surface area contributed by atoms with E-state index < -0.39 is 0 Å². The van der Waals surface area contributed by atoms with Crippen LogP contribution in [0.25, 0.3) is 89.4 Å². The Morgan fingerprint density at radius 1 is 0.426 bits per heavy atom. The van der Waals surface area contributed by atoms with Crippen molar-refractivity contribution < 1.29 is 0 Å². The van der Waals surface area contributed by atoms with E-state index in [1.165, 1.54) is 32.7 Å². The SMILES string of the molecule is C1=CC(c2ccc(-c3nc(-c4ccc(-c5ccccc5)cc4)nc(-c4cccc(-n5c6ccccc6c6c7ccccc7ccc65)n4)n3)cc2)=CCC1.S. The molecule has 0 saturated heterocycles. The maximum atomic E-state index is 5.26. The van der Waals surface area contributed by atoms with Crippen molar-refractivity contribution in [2.45, 2.75) is 12.8 Å². The van der Waals surface area contributed by atoms with Crippen LogP contribution in [0.3, 0.4) is 0 Å². The molecule has 10 rings (SSSR count). The Balaban J connectivity index is 0.00000384. The smallest absolute Gasteiger partial charge is 0.182 e. The van der Waals surface area contributed by atoms with E-state index >= 15 is 0 Å². The van der Waals surface area contributed by atoms with Crippen molar-refractivity contribution >= 4 is 51.6 Å². The third-order valence-electron chi connectivity index (χ3n) is 10.1. The molecular formula is C48H35N5S. The minimum Gasteiger partial charge on any atom is -0.294 e. The molecule has 3 heterocycles. The predicted molar refractivity (Wildman–Crippen MR) is 228 cm³/mol. The molecule has 1 aliphatic rings. The second kappa shape index (κ2) is 14.1. The summed E-state index contributed by atoms with van der Waals surface area (Å²) < 4.78 is 2.25. The van der Waals surface area contributed by atoms with Gasteiger partial charge in [0.05, 0.1) is 11.0 Å². The van der Waals surface area contributed by atoms with E-state index in [4.69, 9.17) is 19.9 Å². The lowest BCUT2D eigenvalue weighted by Crippen LogP contribution is -2.03. The van der Waals surface area contributed by atoms with Gasteiger partial charge in [0.2, 0.25) is 0 Å². The summed E-state index contributed by atoms with van der Waals surface area (Å²) >= 11 is 0. The van der Waals surface area contributed by atoms with Gasteiger partial charge < -0.3 is 0 Å². The number of pyridine rings is 1. The molecule has 0 aliphatic heterocycles. The average molecular weight is 714 g/mol. The van der Waals surface area contributed by atoms with Crippen molar-refractivity contribution in [1.29, 1.82) is 0 Å². The molecule has 0 unspecified atom stereocenters. The van der Waals surface area contributed by atoms with Gasteiger partial charge in [0.25, 0.3) is 0 Å². The lowest BCUT2D eigenvalue weighted by molar-refractivity contribution is 1.03. The first-order valence-electron chi connectivity index (χ1n) is 18.0. The monoisotopic (exact) mass is 713 g/mol. The van der Waals surface area contributed by atoms with Crippen LogP contribution in [0.4, 0.5) is 0 Å². The van der Waals surface area contributed by atoms with Gasteiger partial charge in [0, 0.05) is 21.9 Å². The molecule has 0 bridgehead atoms. The van der Waals surface area contributed by atoms with Crippen LogP contribution < -0.4 is 0 Å². The van der Waals surface area contributed by atoms with Crippen molar-refractivity contribution in [3.05, 3.63) is 182 Å². The standard InChI is InChI=1S/C48H33N5.H2S/c1-3-12-32(13-4-1)34-22-26-37(27-23-34)46-50-47(38-28-24-35(25-29-38)33-14-5-2-6-15-33)52-48(51-46)41-19-11-21-44(49-41)53-42-20-10-9-18-40(42)45-39-17-8-7-16-36(39)30-31-43(45)53;/h1,3-5,7-31H,2,6H2;1H2. The lowest BCUT2D eigenvalue weighted by atomic mass is 9.98. The van der Waals surface area contributed by atoms with Gasteiger partial charge in [-0.1, -0.05) is 152 Å². The minimum atomic E-state index is 0. The molecule has 6 heteroatoms. The summed E-state index contributed by atoms with van der Waals surface area (Å²) in [4.78, 5) is 20.4. The number of hydrogen-bond donors (Lipinski definition) is 0. The molecule has 258 valence electrons. The summed E-state index contributed by atoms with van der Waals surface area (Å²) in [5.41, 5.74) is 9.45. The van der Waals surface area contributed by atoms with E-state index in [0.717, 1.165) is 51.9 Å². The van der Waals surface area contributed by atoms with Crippen molar-refractivity contribution in [3.8, 4) is 51.2 Å². The summed E-state index contributed by atoms with van der Waals surface area (Å²) in [7, 11) is 0. The lowest BCUT2D eigenvalue weighted by Gasteiger charge is -2.12. The van der Waals surface area contributed by atoms with Gasteiger partial charge in [-0.2, -0.15) is 13.5 Å². The molecule has 0 fully saturated rings. The number of para-hydroxylation sites is 1. The van der Waals surface area contributed by atoms with E-state index in [0.29, 0.717) is 23.2 Å². The largest absolute Gasteiger partial charge is 0.294 e. The highest BCUT2D eigenvalue weighted by molar-refractivity contribution is 7.59. The summed E-state index contributed by atoms with van der Waals surface area (Å²) in [6.45, 7) is 0. The quantitative estimate of drug-likeness (QED) is 0.172. The maximum absolute atomic E-state index is 5.26. The molecule has 1 aliphatic carbocycles. The van der Waals surface area contributed by atoms with Crippen molar-refractivity contribution in [2.24, 2.45) is 0 Å². The zero-order valence-corrected chi connectivity index (χ0v) is 30.4. The maximum Gasteiger partial charge on any atom is 0.182 e. The van der Waals surface area contributed by atoms with Gasteiger partial charge in [-0.3, -0.25) is 4.57 Å². The molecular weight excluding hydrogens is 679 g/mol. The molecule has 6 aromatic carbocycles. The molecule has 0 N–H and O–H groups in total. The normalized spacial score (nSPS) is 12.6. The number of benzene rings is 6. The van der Waals surface area contributed by atoms with Gasteiger partial charge in [0.1, 0.15) is 11.5 Å². The highest BCUT2D eigenvalue weighted by Gasteiger charge is 2.18. The van der Waals surface area contributed by atoms with Crippen LogP contribution in [0.15, 0.2) is 176 Å². The first-order valence-corrected chi connectivity index (χ1v) is 18.0. The Morgan fingerprint density at radius 2 is 1.06 bits per heavy atom. The van der Waals surface area contributed by atoms with Crippen molar-refractivity contribution in [3.63, 3.8) is 0 Å². The summed E-state index contributed by atoms with van der Waals surface area (Å²) in [6, 6.07) is 54.9. The molecule has 0 saturated carbocycles. The number of fused-ring (bicyclic) bond motifs is 5. The van der Waals surface area contributed by atoms with Gasteiger partial charge in [-0.15, -0.1) is 0 Å². The van der Waals surface area contributed by atoms with Crippen LogP contribution in [-0.4, -0.2) is 24.5 Å². The third kappa shape index (κ3) is 5.96. The Hall–Kier alpha value is -6.63. The number of hydrogen-bond acceptors (Lipinski definition) is 4.